The summed E-state index contributed by atoms with van der Waals surface area (Å²) in [6, 6.07) is 9.94. The fourth-order valence-corrected chi connectivity index (χ4v) is 3.63. The number of phenolic OH excluding ortho intramolecular Hbond substituents is 1. The van der Waals surface area contributed by atoms with E-state index in [4.69, 9.17) is 0 Å². The molecule has 0 unspecified atom stereocenters. The Hall–Kier alpha value is -3.90. The molecule has 0 atom stereocenters. The molecule has 34 heavy (non-hydrogen) atoms. The van der Waals surface area contributed by atoms with Crippen LogP contribution >= 0.6 is 0 Å². The Morgan fingerprint density at radius 3 is 2.44 bits per heavy atom. The van der Waals surface area contributed by atoms with E-state index < -0.39 is 34.7 Å². The highest BCUT2D eigenvalue weighted by atomic mass is 19.4. The van der Waals surface area contributed by atoms with Crippen LogP contribution in [0.2, 0.25) is 0 Å². The number of hydrogen-bond acceptors (Lipinski definition) is 5. The van der Waals surface area contributed by atoms with E-state index >= 15 is 0 Å². The first-order chi connectivity index (χ1) is 16.2. The summed E-state index contributed by atoms with van der Waals surface area (Å²) in [5, 5.41) is 12.5. The maximum Gasteiger partial charge on any atom is 0.417 e. The van der Waals surface area contributed by atoms with Crippen LogP contribution in [0.15, 0.2) is 54.7 Å². The zero-order chi connectivity index (χ0) is 24.3. The van der Waals surface area contributed by atoms with Crippen molar-refractivity contribution in [2.45, 2.75) is 6.18 Å². The van der Waals surface area contributed by atoms with Gasteiger partial charge in [-0.15, -0.1) is 0 Å². The molecule has 0 saturated carbocycles. The zero-order valence-electron chi connectivity index (χ0n) is 17.8. The minimum atomic E-state index is -4.69. The van der Waals surface area contributed by atoms with Crippen LogP contribution in [0.25, 0.3) is 0 Å². The van der Waals surface area contributed by atoms with Gasteiger partial charge in [-0.2, -0.15) is 13.2 Å². The molecule has 0 radical (unpaired) electrons. The van der Waals surface area contributed by atoms with Crippen LogP contribution in [0.1, 0.15) is 32.7 Å². The Bertz CT molecular complexity index is 1290. The number of rotatable bonds is 3. The maximum atomic E-state index is 13.6. The largest absolute Gasteiger partial charge is 0.505 e. The number of alkyl halides is 3. The quantitative estimate of drug-likeness (QED) is 0.345. The summed E-state index contributed by atoms with van der Waals surface area (Å²) >= 11 is 0. The molecule has 0 bridgehead atoms. The first-order valence-electron chi connectivity index (χ1n) is 10.4. The molecule has 2 heterocycles. The first-order valence-corrected chi connectivity index (χ1v) is 10.4. The molecule has 3 aromatic rings. The molecular formula is C25H19F4N3O2. The summed E-state index contributed by atoms with van der Waals surface area (Å²) in [6.07, 6.45) is -3.38. The molecule has 1 saturated heterocycles. The van der Waals surface area contributed by atoms with Gasteiger partial charge in [-0.05, 0) is 30.3 Å². The van der Waals surface area contributed by atoms with Crippen molar-refractivity contribution in [1.29, 1.82) is 0 Å². The number of nitrogens with zero attached hydrogens (tertiary/aromatic N) is 2. The lowest BCUT2D eigenvalue weighted by molar-refractivity contribution is -0.137. The molecule has 9 heteroatoms. The van der Waals surface area contributed by atoms with Crippen LogP contribution < -0.4 is 10.2 Å². The standard InChI is InChI=1S/C25H19F4N3O2/c26-20-13-16(7-8-22(20)33)5-6-17-14-21(32-11-9-30-10-12-32)23(31-15-17)24(34)18-3-1-2-4-19(18)25(27,28)29/h1-4,7-8,13-15,30,33H,9-12H2. The smallest absolute Gasteiger partial charge is 0.417 e. The molecule has 1 aliphatic heterocycles. The van der Waals surface area contributed by atoms with Crippen LogP contribution in [0.5, 0.6) is 5.75 Å². The molecule has 1 aliphatic rings. The van der Waals surface area contributed by atoms with Crippen molar-refractivity contribution in [2.75, 3.05) is 31.1 Å². The summed E-state index contributed by atoms with van der Waals surface area (Å²) in [5.41, 5.74) is -0.489. The van der Waals surface area contributed by atoms with E-state index in [0.29, 0.717) is 43.0 Å². The number of carbonyl (C=O) groups is 1. The van der Waals surface area contributed by atoms with E-state index in [9.17, 15) is 27.5 Å². The van der Waals surface area contributed by atoms with Gasteiger partial charge in [0.05, 0.1) is 11.3 Å². The number of hydrogen-bond donors (Lipinski definition) is 2. The highest BCUT2D eigenvalue weighted by Gasteiger charge is 2.36. The SMILES string of the molecule is O=C(c1ccccc1C(F)(F)F)c1ncc(C#Cc2ccc(O)c(F)c2)cc1N1CCNCC1. The summed E-state index contributed by atoms with van der Waals surface area (Å²) in [4.78, 5) is 19.3. The number of phenols is 1. The second-order valence-electron chi connectivity index (χ2n) is 7.62. The highest BCUT2D eigenvalue weighted by molar-refractivity contribution is 6.12. The van der Waals surface area contributed by atoms with Gasteiger partial charge in [0, 0.05) is 49.1 Å². The van der Waals surface area contributed by atoms with Gasteiger partial charge in [0.1, 0.15) is 5.69 Å². The Morgan fingerprint density at radius 2 is 1.74 bits per heavy atom. The number of benzene rings is 2. The fraction of sp³-hybridized carbons (Fsp3) is 0.200. The second-order valence-corrected chi connectivity index (χ2v) is 7.62. The number of aromatic nitrogens is 1. The van der Waals surface area contributed by atoms with Crippen molar-refractivity contribution in [3.05, 3.63) is 88.5 Å². The number of ketones is 1. The Balaban J connectivity index is 1.76. The number of halogens is 4. The van der Waals surface area contributed by atoms with Crippen molar-refractivity contribution in [3.8, 4) is 17.6 Å². The molecule has 174 valence electrons. The summed E-state index contributed by atoms with van der Waals surface area (Å²) in [7, 11) is 0. The van der Waals surface area contributed by atoms with Crippen LogP contribution in [0.4, 0.5) is 23.2 Å². The van der Waals surface area contributed by atoms with Crippen LogP contribution in [-0.4, -0.2) is 42.1 Å². The van der Waals surface area contributed by atoms with Crippen molar-refractivity contribution < 1.29 is 27.5 Å². The number of nitrogens with one attached hydrogen (secondary N) is 1. The third-order valence-corrected chi connectivity index (χ3v) is 5.32. The van der Waals surface area contributed by atoms with E-state index in [1.165, 1.54) is 30.5 Å². The Labute approximate surface area is 193 Å². The minimum absolute atomic E-state index is 0.0974. The van der Waals surface area contributed by atoms with Gasteiger partial charge in [0.2, 0.25) is 5.78 Å². The average Bonchev–Trinajstić information content (AvgIpc) is 2.84. The molecule has 2 N–H and O–H groups in total. The van der Waals surface area contributed by atoms with Gasteiger partial charge in [-0.3, -0.25) is 4.79 Å². The van der Waals surface area contributed by atoms with Gasteiger partial charge in [-0.1, -0.05) is 30.0 Å². The summed E-state index contributed by atoms with van der Waals surface area (Å²) in [5.74, 6) is 3.47. The number of pyridine rings is 1. The van der Waals surface area contributed by atoms with Crippen LogP contribution in [0, 0.1) is 17.7 Å². The maximum absolute atomic E-state index is 13.6. The normalized spacial score (nSPS) is 13.8. The minimum Gasteiger partial charge on any atom is -0.505 e. The number of carbonyl (C=O) groups excluding carboxylic acids is 1. The van der Waals surface area contributed by atoms with Crippen molar-refractivity contribution >= 4 is 11.5 Å². The van der Waals surface area contributed by atoms with Crippen molar-refractivity contribution in [3.63, 3.8) is 0 Å². The topological polar surface area (TPSA) is 65.5 Å². The summed E-state index contributed by atoms with van der Waals surface area (Å²) in [6.45, 7) is 2.33. The Kier molecular flexibility index (Phi) is 6.52. The molecular weight excluding hydrogens is 450 g/mol. The first kappa shape index (κ1) is 23.3. The lowest BCUT2D eigenvalue weighted by Crippen LogP contribution is -2.44. The second kappa shape index (κ2) is 9.53. The lowest BCUT2D eigenvalue weighted by Gasteiger charge is -2.30. The summed E-state index contributed by atoms with van der Waals surface area (Å²) < 4.78 is 54.1. The van der Waals surface area contributed by atoms with Crippen molar-refractivity contribution in [2.24, 2.45) is 0 Å². The third kappa shape index (κ3) is 5.02. The molecule has 1 fully saturated rings. The van der Waals surface area contributed by atoms with E-state index in [1.54, 1.807) is 6.07 Å². The molecule has 0 spiro atoms. The molecule has 4 rings (SSSR count). The monoisotopic (exact) mass is 469 g/mol. The van der Waals surface area contributed by atoms with E-state index in [0.717, 1.165) is 18.2 Å². The zero-order valence-corrected chi connectivity index (χ0v) is 17.8. The van der Waals surface area contributed by atoms with Crippen LogP contribution in [0.3, 0.4) is 0 Å². The average molecular weight is 469 g/mol. The molecule has 0 aliphatic carbocycles. The van der Waals surface area contributed by atoms with Gasteiger partial charge >= 0.3 is 6.18 Å². The molecule has 1 aromatic heterocycles. The van der Waals surface area contributed by atoms with E-state index in [-0.39, 0.29) is 5.69 Å². The third-order valence-electron chi connectivity index (χ3n) is 5.32. The highest BCUT2D eigenvalue weighted by Crippen LogP contribution is 2.34. The molecule has 0 amide bonds. The predicted octanol–water partition coefficient (Wildman–Crippen LogP) is 3.99. The van der Waals surface area contributed by atoms with Gasteiger partial charge in [0.25, 0.3) is 0 Å². The van der Waals surface area contributed by atoms with Crippen molar-refractivity contribution in [1.82, 2.24) is 10.3 Å². The predicted molar refractivity (Wildman–Crippen MR) is 118 cm³/mol. The number of aromatic hydroxyl groups is 1. The molecule has 2 aromatic carbocycles. The lowest BCUT2D eigenvalue weighted by atomic mass is 9.99. The van der Waals surface area contributed by atoms with E-state index in [2.05, 4.69) is 22.1 Å². The Morgan fingerprint density at radius 1 is 1.03 bits per heavy atom. The molecule has 5 nitrogen and oxygen atoms in total. The fourth-order valence-electron chi connectivity index (χ4n) is 3.63. The van der Waals surface area contributed by atoms with Gasteiger partial charge < -0.3 is 15.3 Å². The van der Waals surface area contributed by atoms with Crippen LogP contribution in [-0.2, 0) is 6.18 Å². The number of anilines is 1. The van der Waals surface area contributed by atoms with Gasteiger partial charge in [-0.25, -0.2) is 9.37 Å². The van der Waals surface area contributed by atoms with E-state index in [1.807, 2.05) is 4.90 Å². The number of piperazine rings is 1. The van der Waals surface area contributed by atoms with Gasteiger partial charge in [0.15, 0.2) is 11.6 Å².